The van der Waals surface area contributed by atoms with Gasteiger partial charge in [0.1, 0.15) is 0 Å². The molecule has 2 nitrogen and oxygen atoms in total. The van der Waals surface area contributed by atoms with Gasteiger partial charge in [0.15, 0.2) is 0 Å². The third kappa shape index (κ3) is 5.22. The third-order valence-corrected chi connectivity index (χ3v) is 3.01. The van der Waals surface area contributed by atoms with Crippen molar-refractivity contribution >= 4 is 5.69 Å². The lowest BCUT2D eigenvalue weighted by atomic mass is 10.1. The molecule has 1 N–H and O–H groups in total. The molecule has 17 heavy (non-hydrogen) atoms. The van der Waals surface area contributed by atoms with E-state index in [4.69, 9.17) is 0 Å². The van der Waals surface area contributed by atoms with Gasteiger partial charge in [-0.2, -0.15) is 0 Å². The van der Waals surface area contributed by atoms with Crippen molar-refractivity contribution in [3.05, 3.63) is 29.8 Å². The minimum Gasteiger partial charge on any atom is -0.375 e. The van der Waals surface area contributed by atoms with Crippen molar-refractivity contribution < 1.29 is 0 Å². The lowest BCUT2D eigenvalue weighted by Crippen LogP contribution is -2.27. The zero-order valence-electron chi connectivity index (χ0n) is 11.7. The van der Waals surface area contributed by atoms with Gasteiger partial charge in [-0.1, -0.05) is 32.9 Å². The fraction of sp³-hybridized carbons (Fsp3) is 0.600. The van der Waals surface area contributed by atoms with Crippen molar-refractivity contribution in [2.24, 2.45) is 0 Å². The van der Waals surface area contributed by atoms with E-state index in [2.05, 4.69) is 62.3 Å². The van der Waals surface area contributed by atoms with E-state index in [0.717, 1.165) is 19.5 Å². The van der Waals surface area contributed by atoms with Crippen LogP contribution in [0.2, 0.25) is 0 Å². The van der Waals surface area contributed by atoms with Crippen molar-refractivity contribution in [2.45, 2.75) is 39.7 Å². The van der Waals surface area contributed by atoms with Crippen LogP contribution in [0, 0.1) is 0 Å². The van der Waals surface area contributed by atoms with Crippen molar-refractivity contribution in [3.63, 3.8) is 0 Å². The number of aryl methyl sites for hydroxylation is 1. The number of anilines is 1. The van der Waals surface area contributed by atoms with Crippen LogP contribution in [0.1, 0.15) is 32.8 Å². The molecule has 1 aromatic rings. The number of rotatable bonds is 7. The van der Waals surface area contributed by atoms with E-state index in [9.17, 15) is 0 Å². The van der Waals surface area contributed by atoms with Crippen LogP contribution in [-0.2, 0) is 6.42 Å². The van der Waals surface area contributed by atoms with Crippen molar-refractivity contribution in [1.82, 2.24) is 5.32 Å². The van der Waals surface area contributed by atoms with Gasteiger partial charge in [0.2, 0.25) is 0 Å². The molecular formula is C15H26N2. The maximum Gasteiger partial charge on any atom is 0.0363 e. The van der Waals surface area contributed by atoms with Crippen LogP contribution in [0.25, 0.3) is 0 Å². The fourth-order valence-corrected chi connectivity index (χ4v) is 1.82. The van der Waals surface area contributed by atoms with Gasteiger partial charge in [-0.15, -0.1) is 0 Å². The van der Waals surface area contributed by atoms with Crippen LogP contribution >= 0.6 is 0 Å². The van der Waals surface area contributed by atoms with Crippen molar-refractivity contribution in [2.75, 3.05) is 25.0 Å². The molecule has 0 aromatic heterocycles. The summed E-state index contributed by atoms with van der Waals surface area (Å²) in [5.41, 5.74) is 2.72. The molecule has 1 rings (SSSR count). The molecule has 0 aliphatic rings. The standard InChI is InChI=1S/C15H26N2/c1-5-14-7-9-15(10-8-14)17(4)12-6-11-16-13(2)3/h7-10,13,16H,5-6,11-12H2,1-4H3. The largest absolute Gasteiger partial charge is 0.375 e. The monoisotopic (exact) mass is 234 g/mol. The Kier molecular flexibility index (Phi) is 6.06. The number of nitrogens with zero attached hydrogens (tertiary/aromatic N) is 1. The molecular weight excluding hydrogens is 208 g/mol. The van der Waals surface area contributed by atoms with Crippen LogP contribution in [0.4, 0.5) is 5.69 Å². The van der Waals surface area contributed by atoms with Gasteiger partial charge in [0.05, 0.1) is 0 Å². The highest BCUT2D eigenvalue weighted by atomic mass is 15.1. The normalized spacial score (nSPS) is 10.9. The molecule has 1 aromatic carbocycles. The zero-order chi connectivity index (χ0) is 12.7. The van der Waals surface area contributed by atoms with Crippen LogP contribution < -0.4 is 10.2 Å². The van der Waals surface area contributed by atoms with Gasteiger partial charge in [-0.3, -0.25) is 0 Å². The Morgan fingerprint density at radius 2 is 1.82 bits per heavy atom. The third-order valence-electron chi connectivity index (χ3n) is 3.01. The smallest absolute Gasteiger partial charge is 0.0363 e. The van der Waals surface area contributed by atoms with E-state index in [1.165, 1.54) is 17.7 Å². The van der Waals surface area contributed by atoms with Crippen LogP contribution in [-0.4, -0.2) is 26.2 Å². The maximum atomic E-state index is 3.44. The zero-order valence-corrected chi connectivity index (χ0v) is 11.7. The first-order valence-corrected chi connectivity index (χ1v) is 6.67. The van der Waals surface area contributed by atoms with E-state index >= 15 is 0 Å². The summed E-state index contributed by atoms with van der Waals surface area (Å²) in [7, 11) is 2.16. The number of hydrogen-bond donors (Lipinski definition) is 1. The maximum absolute atomic E-state index is 3.44. The second-order valence-electron chi connectivity index (χ2n) is 4.90. The van der Waals surface area contributed by atoms with Gasteiger partial charge in [-0.05, 0) is 37.1 Å². The molecule has 0 atom stereocenters. The Labute approximate surface area is 106 Å². The lowest BCUT2D eigenvalue weighted by Gasteiger charge is -2.20. The van der Waals surface area contributed by atoms with Gasteiger partial charge in [-0.25, -0.2) is 0 Å². The van der Waals surface area contributed by atoms with Gasteiger partial charge in [0.25, 0.3) is 0 Å². The summed E-state index contributed by atoms with van der Waals surface area (Å²) in [6.07, 6.45) is 2.30. The van der Waals surface area contributed by atoms with Crippen LogP contribution in [0.15, 0.2) is 24.3 Å². The van der Waals surface area contributed by atoms with Gasteiger partial charge < -0.3 is 10.2 Å². The fourth-order valence-electron chi connectivity index (χ4n) is 1.82. The van der Waals surface area contributed by atoms with Crippen LogP contribution in [0.3, 0.4) is 0 Å². The Balaban J connectivity index is 2.33. The molecule has 0 fully saturated rings. The number of nitrogens with one attached hydrogen (secondary N) is 1. The Morgan fingerprint density at radius 3 is 2.35 bits per heavy atom. The van der Waals surface area contributed by atoms with Crippen molar-refractivity contribution in [1.29, 1.82) is 0 Å². The Morgan fingerprint density at radius 1 is 1.18 bits per heavy atom. The number of hydrogen-bond acceptors (Lipinski definition) is 2. The van der Waals surface area contributed by atoms with Gasteiger partial charge >= 0.3 is 0 Å². The van der Waals surface area contributed by atoms with Crippen LogP contribution in [0.5, 0.6) is 0 Å². The van der Waals surface area contributed by atoms with E-state index in [1.54, 1.807) is 0 Å². The highest BCUT2D eigenvalue weighted by molar-refractivity contribution is 5.46. The quantitative estimate of drug-likeness (QED) is 0.729. The minimum absolute atomic E-state index is 0.587. The summed E-state index contributed by atoms with van der Waals surface area (Å²) < 4.78 is 0. The predicted molar refractivity (Wildman–Crippen MR) is 76.8 cm³/mol. The molecule has 0 saturated carbocycles. The highest BCUT2D eigenvalue weighted by Crippen LogP contribution is 2.14. The molecule has 0 saturated heterocycles. The molecule has 0 unspecified atom stereocenters. The average molecular weight is 234 g/mol. The van der Waals surface area contributed by atoms with Gasteiger partial charge in [0, 0.05) is 25.3 Å². The minimum atomic E-state index is 0.587. The van der Waals surface area contributed by atoms with E-state index in [1.807, 2.05) is 0 Å². The predicted octanol–water partition coefficient (Wildman–Crippen LogP) is 3.07. The topological polar surface area (TPSA) is 15.3 Å². The summed E-state index contributed by atoms with van der Waals surface area (Å²) in [5, 5.41) is 3.44. The summed E-state index contributed by atoms with van der Waals surface area (Å²) >= 11 is 0. The molecule has 0 aliphatic carbocycles. The molecule has 0 radical (unpaired) electrons. The molecule has 96 valence electrons. The SMILES string of the molecule is CCc1ccc(N(C)CCCNC(C)C)cc1. The summed E-state index contributed by atoms with van der Waals surface area (Å²) in [4.78, 5) is 2.32. The molecule has 0 heterocycles. The molecule has 0 aliphatic heterocycles. The second-order valence-corrected chi connectivity index (χ2v) is 4.90. The first-order chi connectivity index (χ1) is 8.13. The lowest BCUT2D eigenvalue weighted by molar-refractivity contribution is 0.570. The summed E-state index contributed by atoms with van der Waals surface area (Å²) in [6, 6.07) is 9.46. The number of benzene rings is 1. The first-order valence-electron chi connectivity index (χ1n) is 6.67. The molecule has 0 spiro atoms. The summed E-state index contributed by atoms with van der Waals surface area (Å²) in [5.74, 6) is 0. The van der Waals surface area contributed by atoms with E-state index in [-0.39, 0.29) is 0 Å². The Hall–Kier alpha value is -1.02. The average Bonchev–Trinajstić information content (AvgIpc) is 2.34. The molecule has 0 amide bonds. The molecule has 0 bridgehead atoms. The van der Waals surface area contributed by atoms with Crippen molar-refractivity contribution in [3.8, 4) is 0 Å². The van der Waals surface area contributed by atoms with E-state index in [0.29, 0.717) is 6.04 Å². The first kappa shape index (κ1) is 14.0. The molecule has 2 heteroatoms. The second kappa shape index (κ2) is 7.33. The summed E-state index contributed by atoms with van der Waals surface area (Å²) in [6.45, 7) is 8.76. The Bertz CT molecular complexity index is 303. The highest BCUT2D eigenvalue weighted by Gasteiger charge is 2.00. The van der Waals surface area contributed by atoms with E-state index < -0.39 is 0 Å².